The monoisotopic (exact) mass is 343 g/mol. The zero-order valence-corrected chi connectivity index (χ0v) is 15.9. The molecule has 0 spiro atoms. The number of rotatable bonds is 3. The summed E-state index contributed by atoms with van der Waals surface area (Å²) in [7, 11) is 0. The Bertz CT molecular complexity index is 374. The van der Waals surface area contributed by atoms with Crippen LogP contribution in [0.4, 0.5) is 0 Å². The smallest absolute Gasteiger partial charge is 0.330 e. The third kappa shape index (κ3) is 20.3. The summed E-state index contributed by atoms with van der Waals surface area (Å²) in [5, 5.41) is 3.15. The maximum absolute atomic E-state index is 10.5. The number of ether oxygens (including phenoxy) is 2. The lowest BCUT2D eigenvalue weighted by molar-refractivity contribution is -0.148. The van der Waals surface area contributed by atoms with Crippen molar-refractivity contribution in [2.24, 2.45) is 5.92 Å². The van der Waals surface area contributed by atoms with E-state index in [1.54, 1.807) is 0 Å². The average molecular weight is 343 g/mol. The lowest BCUT2D eigenvalue weighted by atomic mass is 10.0. The van der Waals surface area contributed by atoms with Gasteiger partial charge in [0.15, 0.2) is 0 Å². The van der Waals surface area contributed by atoms with E-state index in [9.17, 15) is 14.4 Å². The molecule has 0 aromatic heterocycles. The number of hydrogen-bond acceptors (Lipinski definition) is 6. The number of aldehydes is 1. The zero-order valence-electron chi connectivity index (χ0n) is 15.9. The van der Waals surface area contributed by atoms with Gasteiger partial charge in [-0.2, -0.15) is 0 Å². The van der Waals surface area contributed by atoms with Crippen molar-refractivity contribution in [1.82, 2.24) is 5.32 Å². The zero-order chi connectivity index (χ0) is 19.2. The minimum Gasteiger partial charge on any atom is -0.462 e. The summed E-state index contributed by atoms with van der Waals surface area (Å²) in [4.78, 5) is 30.2. The van der Waals surface area contributed by atoms with Gasteiger partial charge in [-0.25, -0.2) is 4.79 Å². The molecule has 6 heteroatoms. The largest absolute Gasteiger partial charge is 0.462 e. The van der Waals surface area contributed by atoms with Crippen LogP contribution in [0.5, 0.6) is 0 Å². The highest BCUT2D eigenvalue weighted by Crippen LogP contribution is 2.06. The van der Waals surface area contributed by atoms with Crippen molar-refractivity contribution >= 4 is 18.7 Å². The molecule has 0 amide bonds. The van der Waals surface area contributed by atoms with Crippen LogP contribution in [0.3, 0.4) is 0 Å². The van der Waals surface area contributed by atoms with Crippen LogP contribution in [0.1, 0.15) is 54.4 Å². The second-order valence-corrected chi connectivity index (χ2v) is 7.31. The van der Waals surface area contributed by atoms with Crippen LogP contribution in [0, 0.1) is 5.92 Å². The molecule has 1 N–H and O–H groups in total. The van der Waals surface area contributed by atoms with Crippen molar-refractivity contribution in [2.45, 2.75) is 65.6 Å². The van der Waals surface area contributed by atoms with Gasteiger partial charge in [-0.05, 0) is 60.9 Å². The Hall–Kier alpha value is -1.69. The van der Waals surface area contributed by atoms with E-state index in [0.29, 0.717) is 12.4 Å². The Balaban J connectivity index is 0. The van der Waals surface area contributed by atoms with Crippen molar-refractivity contribution < 1.29 is 23.9 Å². The van der Waals surface area contributed by atoms with Gasteiger partial charge < -0.3 is 19.6 Å². The van der Waals surface area contributed by atoms with Crippen LogP contribution in [-0.4, -0.2) is 43.0 Å². The van der Waals surface area contributed by atoms with Crippen LogP contribution in [0.2, 0.25) is 0 Å². The summed E-state index contributed by atoms with van der Waals surface area (Å²) in [6.45, 7) is 16.6. The molecule has 1 heterocycles. The third-order valence-corrected chi connectivity index (χ3v) is 2.50. The van der Waals surface area contributed by atoms with Crippen LogP contribution in [0.25, 0.3) is 0 Å². The van der Waals surface area contributed by atoms with Crippen molar-refractivity contribution in [2.75, 3.05) is 13.1 Å². The van der Waals surface area contributed by atoms with Gasteiger partial charge in [-0.1, -0.05) is 6.58 Å². The summed E-state index contributed by atoms with van der Waals surface area (Å²) in [5.41, 5.74) is -0.715. The first-order valence-corrected chi connectivity index (χ1v) is 8.08. The fourth-order valence-electron chi connectivity index (χ4n) is 1.48. The van der Waals surface area contributed by atoms with E-state index in [1.165, 1.54) is 0 Å². The normalized spacial score (nSPS) is 17.0. The Labute approximate surface area is 146 Å². The van der Waals surface area contributed by atoms with Gasteiger partial charge in [0.25, 0.3) is 6.47 Å². The average Bonchev–Trinajstić information content (AvgIpc) is 2.46. The molecule has 1 atom stereocenters. The molecule has 140 valence electrons. The Morgan fingerprint density at radius 1 is 1.12 bits per heavy atom. The van der Waals surface area contributed by atoms with E-state index in [4.69, 9.17) is 4.74 Å². The molecular formula is C18H33NO5. The minimum atomic E-state index is -0.398. The predicted molar refractivity (Wildman–Crippen MR) is 94.6 cm³/mol. The van der Waals surface area contributed by atoms with Crippen molar-refractivity contribution in [3.63, 3.8) is 0 Å². The van der Waals surface area contributed by atoms with E-state index in [2.05, 4.69) is 16.6 Å². The lowest BCUT2D eigenvalue weighted by Crippen LogP contribution is -2.30. The molecule has 1 saturated heterocycles. The second-order valence-electron chi connectivity index (χ2n) is 7.31. The number of carbonyl (C=O) groups excluding carboxylic acids is 3. The van der Waals surface area contributed by atoms with Crippen molar-refractivity contribution in [1.29, 1.82) is 0 Å². The van der Waals surface area contributed by atoms with E-state index < -0.39 is 5.60 Å². The number of hydrogen-bond donors (Lipinski definition) is 1. The molecule has 0 aromatic carbocycles. The van der Waals surface area contributed by atoms with Gasteiger partial charge in [0.1, 0.15) is 17.5 Å². The summed E-state index contributed by atoms with van der Waals surface area (Å²) in [6.07, 6.45) is 4.44. The van der Waals surface area contributed by atoms with Crippen molar-refractivity contribution in [3.05, 3.63) is 12.7 Å². The van der Waals surface area contributed by atoms with E-state index in [0.717, 1.165) is 38.3 Å². The number of piperidine rings is 1. The molecule has 0 radical (unpaired) electrons. The minimum absolute atomic E-state index is 0.295. The first-order valence-electron chi connectivity index (χ1n) is 8.08. The topological polar surface area (TPSA) is 81.7 Å². The Morgan fingerprint density at radius 3 is 1.88 bits per heavy atom. The van der Waals surface area contributed by atoms with Crippen LogP contribution in [0.15, 0.2) is 12.7 Å². The van der Waals surface area contributed by atoms with Gasteiger partial charge in [-0.15, -0.1) is 0 Å². The molecule has 24 heavy (non-hydrogen) atoms. The molecular weight excluding hydrogens is 310 g/mol. The molecule has 1 aliphatic rings. The third-order valence-electron chi connectivity index (χ3n) is 2.50. The molecule has 0 aliphatic carbocycles. The molecule has 6 nitrogen and oxygen atoms in total. The molecule has 0 aromatic rings. The van der Waals surface area contributed by atoms with Gasteiger partial charge in [0.2, 0.25) is 0 Å². The number of carbonyl (C=O) groups is 3. The molecule has 0 saturated carbocycles. The molecule has 1 fully saturated rings. The quantitative estimate of drug-likeness (QED) is 0.482. The van der Waals surface area contributed by atoms with E-state index in [-0.39, 0.29) is 11.6 Å². The van der Waals surface area contributed by atoms with E-state index >= 15 is 0 Å². The summed E-state index contributed by atoms with van der Waals surface area (Å²) >= 11 is 0. The van der Waals surface area contributed by atoms with Crippen LogP contribution < -0.4 is 5.32 Å². The van der Waals surface area contributed by atoms with Gasteiger partial charge in [-0.3, -0.25) is 4.79 Å². The van der Waals surface area contributed by atoms with Gasteiger partial charge >= 0.3 is 5.97 Å². The summed E-state index contributed by atoms with van der Waals surface area (Å²) < 4.78 is 9.38. The van der Waals surface area contributed by atoms with Crippen LogP contribution >= 0.6 is 0 Å². The molecule has 1 unspecified atom stereocenters. The molecule has 0 bridgehead atoms. The maximum atomic E-state index is 10.5. The Kier molecular flexibility index (Phi) is 13.0. The van der Waals surface area contributed by atoms with E-state index in [1.807, 2.05) is 41.5 Å². The predicted octanol–water partition coefficient (Wildman–Crippen LogP) is 2.66. The van der Waals surface area contributed by atoms with Gasteiger partial charge in [0.05, 0.1) is 0 Å². The summed E-state index contributed by atoms with van der Waals surface area (Å²) in [6, 6.07) is 0. The highest BCUT2D eigenvalue weighted by Gasteiger charge is 2.13. The fourth-order valence-corrected chi connectivity index (χ4v) is 1.48. The van der Waals surface area contributed by atoms with Gasteiger partial charge in [0, 0.05) is 18.5 Å². The number of esters is 1. The highest BCUT2D eigenvalue weighted by molar-refractivity contribution is 5.81. The Morgan fingerprint density at radius 2 is 1.71 bits per heavy atom. The second kappa shape index (κ2) is 12.7. The fraction of sp³-hybridized carbons (Fsp3) is 0.722. The first-order chi connectivity index (χ1) is 10.9. The first kappa shape index (κ1) is 24.6. The van der Waals surface area contributed by atoms with Crippen LogP contribution in [-0.2, 0) is 23.9 Å². The maximum Gasteiger partial charge on any atom is 0.330 e. The standard InChI is InChI=1S/C7H12O2.C6H11NO.C5H10O2/c1-5-6(8)9-7(2,3)4;8-5-6-2-1-3-7-4-6;1-5(2,3)7-4-6/h5H,1H2,2-4H3;5-7H,1-4H2;4H,1-3H3. The SMILES string of the molecule is C=CC(=O)OC(C)(C)C.CC(C)(C)OC=O.O=CC1CCCNC1. The molecule has 1 rings (SSSR count). The lowest BCUT2D eigenvalue weighted by Gasteiger charge is -2.17. The van der Waals surface area contributed by atoms with Crippen molar-refractivity contribution in [3.8, 4) is 0 Å². The summed E-state index contributed by atoms with van der Waals surface area (Å²) in [5.74, 6) is -0.0775. The number of nitrogens with one attached hydrogen (secondary N) is 1. The highest BCUT2D eigenvalue weighted by atomic mass is 16.6. The molecule has 1 aliphatic heterocycles.